The highest BCUT2D eigenvalue weighted by atomic mass is 35.5. The van der Waals surface area contributed by atoms with Gasteiger partial charge in [0.2, 0.25) is 0 Å². The lowest BCUT2D eigenvalue weighted by Crippen LogP contribution is -2.41. The molecule has 0 aliphatic carbocycles. The molecule has 0 fully saturated rings. The van der Waals surface area contributed by atoms with Crippen LogP contribution in [-0.4, -0.2) is 33.4 Å². The number of aliphatic imine (C=N–C) groups is 1. The van der Waals surface area contributed by atoms with Crippen molar-refractivity contribution < 1.29 is 22.8 Å². The summed E-state index contributed by atoms with van der Waals surface area (Å²) >= 11 is 5.77. The lowest BCUT2D eigenvalue weighted by atomic mass is 10.1. The molecule has 4 rings (SSSR count). The van der Waals surface area contributed by atoms with Crippen molar-refractivity contribution in [2.45, 2.75) is 6.54 Å². The van der Waals surface area contributed by atoms with Gasteiger partial charge in [0.1, 0.15) is 17.8 Å². The fourth-order valence-electron chi connectivity index (χ4n) is 2.80. The van der Waals surface area contributed by atoms with Crippen molar-refractivity contribution in [2.24, 2.45) is 4.99 Å². The fourth-order valence-corrected chi connectivity index (χ4v) is 3.04. The van der Waals surface area contributed by atoms with Gasteiger partial charge in [-0.15, -0.1) is 0 Å². The van der Waals surface area contributed by atoms with E-state index in [1.54, 1.807) is 0 Å². The topological polar surface area (TPSA) is 102 Å². The average Bonchev–Trinajstić information content (AvgIpc) is 3.19. The van der Waals surface area contributed by atoms with Crippen molar-refractivity contribution in [1.82, 2.24) is 20.6 Å². The van der Waals surface area contributed by atoms with E-state index in [0.29, 0.717) is 23.4 Å². The Kier molecular flexibility index (Phi) is 5.34. The van der Waals surface area contributed by atoms with Crippen molar-refractivity contribution in [3.8, 4) is 0 Å². The molecule has 158 valence electrons. The number of hydrogen-bond donors (Lipinski definition) is 3. The number of carbonyl (C=O) groups excluding carboxylic acids is 2. The molecule has 1 aliphatic rings. The van der Waals surface area contributed by atoms with Gasteiger partial charge >= 0.3 is 0 Å². The molecule has 0 radical (unpaired) electrons. The molecule has 0 spiro atoms. The van der Waals surface area contributed by atoms with Crippen LogP contribution in [-0.2, 0) is 6.54 Å². The number of amides is 2. The van der Waals surface area contributed by atoms with E-state index >= 15 is 0 Å². The van der Waals surface area contributed by atoms with Gasteiger partial charge in [0.05, 0.1) is 22.8 Å². The second-order valence-corrected chi connectivity index (χ2v) is 6.86. The number of halogens is 4. The molecule has 1 aromatic heterocycles. The van der Waals surface area contributed by atoms with E-state index in [2.05, 4.69) is 25.9 Å². The summed E-state index contributed by atoms with van der Waals surface area (Å²) in [5.74, 6) is -4.34. The van der Waals surface area contributed by atoms with Gasteiger partial charge in [-0.05, 0) is 30.3 Å². The van der Waals surface area contributed by atoms with Crippen molar-refractivity contribution in [2.75, 3.05) is 5.32 Å². The Balaban J connectivity index is 1.41. The maximum absolute atomic E-state index is 13.4. The van der Waals surface area contributed by atoms with Gasteiger partial charge in [0.25, 0.3) is 11.8 Å². The average molecular weight is 449 g/mol. The van der Waals surface area contributed by atoms with Gasteiger partial charge < -0.3 is 5.32 Å². The molecule has 0 saturated carbocycles. The minimum atomic E-state index is -1.23. The largest absolute Gasteiger partial charge is 0.305 e. The number of nitrogens with zero attached hydrogens (tertiary/aromatic N) is 3. The van der Waals surface area contributed by atoms with Gasteiger partial charge in [-0.3, -0.25) is 25.1 Å². The minimum absolute atomic E-state index is 0.00915. The summed E-state index contributed by atoms with van der Waals surface area (Å²) in [5, 5.41) is 9.62. The summed E-state index contributed by atoms with van der Waals surface area (Å²) in [6, 6.07) is 6.71. The first-order valence-corrected chi connectivity index (χ1v) is 9.09. The molecule has 0 bridgehead atoms. The van der Waals surface area contributed by atoms with Crippen LogP contribution in [0.1, 0.15) is 26.4 Å². The number of aromatic nitrogens is 2. The van der Waals surface area contributed by atoms with E-state index < -0.39 is 29.3 Å². The number of aromatic amines is 1. The zero-order valence-electron chi connectivity index (χ0n) is 15.4. The summed E-state index contributed by atoms with van der Waals surface area (Å²) < 4.78 is 39.9. The third-order valence-corrected chi connectivity index (χ3v) is 4.59. The number of anilines is 1. The predicted octanol–water partition coefficient (Wildman–Crippen LogP) is 3.55. The number of nitrogens with one attached hydrogen (secondary N) is 3. The first-order chi connectivity index (χ1) is 14.8. The van der Waals surface area contributed by atoms with Crippen molar-refractivity contribution in [3.63, 3.8) is 0 Å². The number of carbonyl (C=O) groups is 2. The van der Waals surface area contributed by atoms with E-state index in [9.17, 15) is 22.8 Å². The van der Waals surface area contributed by atoms with Crippen LogP contribution in [0.5, 0.6) is 0 Å². The van der Waals surface area contributed by atoms with Gasteiger partial charge in [0.15, 0.2) is 17.5 Å². The van der Waals surface area contributed by atoms with E-state index in [-0.39, 0.29) is 28.6 Å². The van der Waals surface area contributed by atoms with Gasteiger partial charge in [-0.1, -0.05) is 11.6 Å². The molecular weight excluding hydrogens is 437 g/mol. The smallest absolute Gasteiger partial charge is 0.287 e. The summed E-state index contributed by atoms with van der Waals surface area (Å²) in [7, 11) is 0. The standard InChI is InChI=1S/C19H12ClF3N6O2/c20-12-5-14(23)13(22)4-11(12)18(30)25-17-6-16(26-27-17)19(31)28-29-7-9-3-10(21)1-2-15(9)24-8-29/h1-6,8H,7H2,(H,28,31)(H2,25,26,27,30). The summed E-state index contributed by atoms with van der Waals surface area (Å²) in [6.45, 7) is 0.189. The Hall–Kier alpha value is -3.86. The van der Waals surface area contributed by atoms with Crippen molar-refractivity contribution in [1.29, 1.82) is 0 Å². The quantitative estimate of drug-likeness (QED) is 0.531. The fraction of sp³-hybridized carbons (Fsp3) is 0.0526. The highest BCUT2D eigenvalue weighted by molar-refractivity contribution is 6.34. The van der Waals surface area contributed by atoms with Crippen LogP contribution in [0.15, 0.2) is 41.4 Å². The molecule has 3 aromatic rings. The number of hydrazine groups is 1. The van der Waals surface area contributed by atoms with Gasteiger partial charge in [-0.2, -0.15) is 5.10 Å². The maximum atomic E-state index is 13.4. The highest BCUT2D eigenvalue weighted by Crippen LogP contribution is 2.24. The molecule has 8 nitrogen and oxygen atoms in total. The molecule has 3 N–H and O–H groups in total. The SMILES string of the molecule is O=C(NN1C=Nc2ccc(F)cc2C1)c1cc(NC(=O)c2cc(F)c(F)cc2Cl)n[nH]1. The Morgan fingerprint density at radius 2 is 1.84 bits per heavy atom. The number of hydrogen-bond acceptors (Lipinski definition) is 5. The van der Waals surface area contributed by atoms with E-state index in [1.807, 2.05) is 0 Å². The Morgan fingerprint density at radius 3 is 2.65 bits per heavy atom. The Bertz CT molecular complexity index is 1230. The van der Waals surface area contributed by atoms with Crippen LogP contribution >= 0.6 is 11.6 Å². The number of fused-ring (bicyclic) bond motifs is 1. The third-order valence-electron chi connectivity index (χ3n) is 4.28. The third kappa shape index (κ3) is 4.36. The molecule has 1 aliphatic heterocycles. The van der Waals surface area contributed by atoms with Crippen LogP contribution in [0.2, 0.25) is 5.02 Å². The highest BCUT2D eigenvalue weighted by Gasteiger charge is 2.19. The molecule has 0 unspecified atom stereocenters. The zero-order chi connectivity index (χ0) is 22.1. The Morgan fingerprint density at radius 1 is 1.06 bits per heavy atom. The molecule has 2 amide bonds. The number of benzene rings is 2. The monoisotopic (exact) mass is 448 g/mol. The molecule has 2 heterocycles. The van der Waals surface area contributed by atoms with Crippen molar-refractivity contribution >= 4 is 41.3 Å². The molecule has 0 atom stereocenters. The van der Waals surface area contributed by atoms with Crippen molar-refractivity contribution in [3.05, 3.63) is 75.7 Å². The van der Waals surface area contributed by atoms with E-state index in [0.717, 1.165) is 0 Å². The second-order valence-electron chi connectivity index (χ2n) is 6.45. The zero-order valence-corrected chi connectivity index (χ0v) is 16.2. The second kappa shape index (κ2) is 8.11. The Labute approximate surface area is 177 Å². The number of H-pyrrole nitrogens is 1. The van der Waals surface area contributed by atoms with Gasteiger partial charge in [-0.25, -0.2) is 18.2 Å². The van der Waals surface area contributed by atoms with Crippen LogP contribution in [0.4, 0.5) is 24.7 Å². The first kappa shape index (κ1) is 20.4. The van der Waals surface area contributed by atoms with Crippen LogP contribution < -0.4 is 10.7 Å². The minimum Gasteiger partial charge on any atom is -0.305 e. The summed E-state index contributed by atoms with van der Waals surface area (Å²) in [6.07, 6.45) is 1.38. The molecule has 31 heavy (non-hydrogen) atoms. The van der Waals surface area contributed by atoms with E-state index in [4.69, 9.17) is 11.6 Å². The predicted molar refractivity (Wildman–Crippen MR) is 105 cm³/mol. The summed E-state index contributed by atoms with van der Waals surface area (Å²) in [5.41, 5.74) is 3.41. The lowest BCUT2D eigenvalue weighted by molar-refractivity contribution is 0.0862. The summed E-state index contributed by atoms with van der Waals surface area (Å²) in [4.78, 5) is 28.8. The normalized spacial score (nSPS) is 12.5. The van der Waals surface area contributed by atoms with Crippen LogP contribution in [0, 0.1) is 17.5 Å². The maximum Gasteiger partial charge on any atom is 0.287 e. The van der Waals surface area contributed by atoms with Crippen LogP contribution in [0.25, 0.3) is 0 Å². The molecular formula is C19H12ClF3N6O2. The van der Waals surface area contributed by atoms with E-state index in [1.165, 1.54) is 35.6 Å². The van der Waals surface area contributed by atoms with Gasteiger partial charge in [0, 0.05) is 11.6 Å². The molecule has 0 saturated heterocycles. The lowest BCUT2D eigenvalue weighted by Gasteiger charge is -2.24. The molecule has 12 heteroatoms. The molecule has 2 aromatic carbocycles. The van der Waals surface area contributed by atoms with Crippen LogP contribution in [0.3, 0.4) is 0 Å². The first-order valence-electron chi connectivity index (χ1n) is 8.71. The number of rotatable bonds is 4.